The molecule has 0 aliphatic carbocycles. The first-order valence-electron chi connectivity index (χ1n) is 19.7. The average molecular weight is 600 g/mol. The molecule has 0 saturated heterocycles. The number of benzene rings is 1. The summed E-state index contributed by atoms with van der Waals surface area (Å²) in [6, 6.07) is 8.65. The van der Waals surface area contributed by atoms with Crippen LogP contribution in [0.4, 0.5) is 5.69 Å². The number of anilines is 1. The maximum atomic E-state index is 5.74. The summed E-state index contributed by atoms with van der Waals surface area (Å²) in [5.41, 5.74) is 1.29. The molecule has 0 fully saturated rings. The fourth-order valence-corrected chi connectivity index (χ4v) is 6.59. The Bertz CT molecular complexity index is 639. The molecule has 0 radical (unpaired) electrons. The third-order valence-electron chi connectivity index (χ3n) is 9.49. The molecular formula is C41H77NO. The smallest absolute Gasteiger partial charge is 0.142 e. The Hall–Kier alpha value is -1.18. The van der Waals surface area contributed by atoms with E-state index in [2.05, 4.69) is 43.0 Å². The van der Waals surface area contributed by atoms with E-state index < -0.39 is 0 Å². The Labute approximate surface area is 271 Å². The van der Waals surface area contributed by atoms with Crippen molar-refractivity contribution in [2.45, 2.75) is 206 Å². The van der Waals surface area contributed by atoms with Crippen molar-refractivity contribution in [1.82, 2.24) is 0 Å². The highest BCUT2D eigenvalue weighted by Gasteiger charge is 2.11. The zero-order valence-corrected chi connectivity index (χ0v) is 29.8. The van der Waals surface area contributed by atoms with Crippen LogP contribution in [0.15, 0.2) is 24.3 Å². The van der Waals surface area contributed by atoms with Gasteiger partial charge < -0.3 is 9.64 Å². The molecule has 0 aromatic heterocycles. The molecule has 1 rings (SSSR count). The van der Waals surface area contributed by atoms with Crippen molar-refractivity contribution in [2.75, 3.05) is 25.1 Å². The fraction of sp³-hybridized carbons (Fsp3) is 0.854. The topological polar surface area (TPSA) is 12.5 Å². The lowest BCUT2D eigenvalue weighted by atomic mass is 10.0. The summed E-state index contributed by atoms with van der Waals surface area (Å²) in [6.45, 7) is 6.94. The molecule has 1 aromatic rings. The van der Waals surface area contributed by atoms with E-state index in [0.29, 0.717) is 0 Å². The number of para-hydroxylation sites is 2. The van der Waals surface area contributed by atoms with E-state index in [9.17, 15) is 0 Å². The first-order valence-corrected chi connectivity index (χ1v) is 19.7. The number of unbranched alkanes of at least 4 members (excludes halogenated alkanes) is 28. The fourth-order valence-electron chi connectivity index (χ4n) is 6.59. The van der Waals surface area contributed by atoms with E-state index in [1.807, 2.05) is 7.11 Å². The molecule has 0 heterocycles. The Kier molecular flexibility index (Phi) is 29.9. The van der Waals surface area contributed by atoms with Crippen LogP contribution in [0.1, 0.15) is 206 Å². The quantitative estimate of drug-likeness (QED) is 0.0731. The molecule has 2 nitrogen and oxygen atoms in total. The zero-order chi connectivity index (χ0) is 30.9. The van der Waals surface area contributed by atoms with Gasteiger partial charge in [-0.25, -0.2) is 0 Å². The van der Waals surface area contributed by atoms with Gasteiger partial charge in [0.1, 0.15) is 5.75 Å². The summed E-state index contributed by atoms with van der Waals surface area (Å²) >= 11 is 0. The number of ether oxygens (including phenoxy) is 1. The molecule has 0 bridgehead atoms. The van der Waals surface area contributed by atoms with E-state index in [4.69, 9.17) is 4.74 Å². The lowest BCUT2D eigenvalue weighted by Crippen LogP contribution is -2.26. The van der Waals surface area contributed by atoms with Gasteiger partial charge in [-0.05, 0) is 25.0 Å². The number of rotatable bonds is 34. The Morgan fingerprint density at radius 1 is 0.395 bits per heavy atom. The molecule has 0 unspecified atom stereocenters. The molecular weight excluding hydrogens is 522 g/mol. The third-order valence-corrected chi connectivity index (χ3v) is 9.49. The average Bonchev–Trinajstić information content (AvgIpc) is 3.03. The SMILES string of the molecule is CCCCCCCCCCCCCCCCCN(CCCCCCCCCCCCCCCCC)c1ccccc1OC. The second-order valence-electron chi connectivity index (χ2n) is 13.6. The number of methoxy groups -OCH3 is 1. The van der Waals surface area contributed by atoms with Crippen LogP contribution in [0.3, 0.4) is 0 Å². The summed E-state index contributed by atoms with van der Waals surface area (Å²) in [5.74, 6) is 1.03. The lowest BCUT2D eigenvalue weighted by molar-refractivity contribution is 0.413. The molecule has 252 valence electrons. The van der Waals surface area contributed by atoms with Crippen molar-refractivity contribution < 1.29 is 4.74 Å². The van der Waals surface area contributed by atoms with Crippen LogP contribution in [0.5, 0.6) is 5.75 Å². The van der Waals surface area contributed by atoms with Crippen LogP contribution in [-0.4, -0.2) is 20.2 Å². The van der Waals surface area contributed by atoms with Gasteiger partial charge >= 0.3 is 0 Å². The van der Waals surface area contributed by atoms with Gasteiger partial charge in [-0.2, -0.15) is 0 Å². The molecule has 0 amide bonds. The standard InChI is InChI=1S/C41H77NO/c1-4-6-8-10-12-14-16-18-20-22-24-26-28-30-34-38-42(40-36-32-33-37-41(40)43-3)39-35-31-29-27-25-23-21-19-17-15-13-11-9-7-5-2/h32-33,36-37H,4-31,34-35,38-39H2,1-3H3. The van der Waals surface area contributed by atoms with Gasteiger partial charge in [0.05, 0.1) is 12.8 Å². The van der Waals surface area contributed by atoms with Gasteiger partial charge in [-0.3, -0.25) is 0 Å². The van der Waals surface area contributed by atoms with Crippen molar-refractivity contribution >= 4 is 5.69 Å². The van der Waals surface area contributed by atoms with Gasteiger partial charge in [0.25, 0.3) is 0 Å². The lowest BCUT2D eigenvalue weighted by Gasteiger charge is -2.26. The number of hydrogen-bond acceptors (Lipinski definition) is 2. The van der Waals surface area contributed by atoms with E-state index in [1.165, 1.54) is 198 Å². The minimum Gasteiger partial charge on any atom is -0.495 e. The number of nitrogens with zero attached hydrogens (tertiary/aromatic N) is 1. The van der Waals surface area contributed by atoms with Crippen molar-refractivity contribution in [3.63, 3.8) is 0 Å². The Morgan fingerprint density at radius 3 is 0.977 bits per heavy atom. The summed E-state index contributed by atoms with van der Waals surface area (Å²) in [4.78, 5) is 2.61. The van der Waals surface area contributed by atoms with Crippen molar-refractivity contribution in [2.24, 2.45) is 0 Å². The third kappa shape index (κ3) is 24.8. The highest BCUT2D eigenvalue weighted by molar-refractivity contribution is 5.58. The highest BCUT2D eigenvalue weighted by Crippen LogP contribution is 2.28. The van der Waals surface area contributed by atoms with E-state index in [1.54, 1.807) is 0 Å². The molecule has 2 heteroatoms. The normalized spacial score (nSPS) is 11.3. The van der Waals surface area contributed by atoms with E-state index in [-0.39, 0.29) is 0 Å². The molecule has 0 spiro atoms. The van der Waals surface area contributed by atoms with Crippen molar-refractivity contribution in [3.8, 4) is 5.75 Å². The maximum Gasteiger partial charge on any atom is 0.142 e. The highest BCUT2D eigenvalue weighted by atomic mass is 16.5. The molecule has 0 N–H and O–H groups in total. The predicted molar refractivity (Wildman–Crippen MR) is 195 cm³/mol. The molecule has 0 saturated carbocycles. The minimum absolute atomic E-state index is 1.03. The van der Waals surface area contributed by atoms with Gasteiger partial charge in [0.2, 0.25) is 0 Å². The minimum atomic E-state index is 1.03. The van der Waals surface area contributed by atoms with Crippen LogP contribution in [-0.2, 0) is 0 Å². The monoisotopic (exact) mass is 600 g/mol. The van der Waals surface area contributed by atoms with Gasteiger partial charge in [-0.15, -0.1) is 0 Å². The second-order valence-corrected chi connectivity index (χ2v) is 13.6. The van der Waals surface area contributed by atoms with E-state index >= 15 is 0 Å². The zero-order valence-electron chi connectivity index (χ0n) is 29.8. The Morgan fingerprint density at radius 2 is 0.674 bits per heavy atom. The molecule has 1 aromatic carbocycles. The van der Waals surface area contributed by atoms with E-state index in [0.717, 1.165) is 18.8 Å². The second kappa shape index (κ2) is 32.2. The Balaban J connectivity index is 2.09. The summed E-state index contributed by atoms with van der Waals surface area (Å²) in [5, 5.41) is 0. The van der Waals surface area contributed by atoms with Gasteiger partial charge in [-0.1, -0.05) is 206 Å². The first kappa shape index (κ1) is 39.8. The number of hydrogen-bond donors (Lipinski definition) is 0. The maximum absolute atomic E-state index is 5.74. The molecule has 43 heavy (non-hydrogen) atoms. The van der Waals surface area contributed by atoms with Crippen LogP contribution in [0.2, 0.25) is 0 Å². The summed E-state index contributed by atoms with van der Waals surface area (Å²) in [7, 11) is 1.82. The summed E-state index contributed by atoms with van der Waals surface area (Å²) < 4.78 is 5.74. The van der Waals surface area contributed by atoms with Crippen LogP contribution in [0, 0.1) is 0 Å². The van der Waals surface area contributed by atoms with Crippen LogP contribution in [0.25, 0.3) is 0 Å². The molecule has 0 aliphatic rings. The van der Waals surface area contributed by atoms with Crippen molar-refractivity contribution in [3.05, 3.63) is 24.3 Å². The van der Waals surface area contributed by atoms with Crippen LogP contribution >= 0.6 is 0 Å². The molecule has 0 aliphatic heterocycles. The predicted octanol–water partition coefficient (Wildman–Crippen LogP) is 14.2. The first-order chi connectivity index (χ1) is 21.3. The van der Waals surface area contributed by atoms with Crippen molar-refractivity contribution in [1.29, 1.82) is 0 Å². The van der Waals surface area contributed by atoms with Gasteiger partial charge in [0, 0.05) is 13.1 Å². The van der Waals surface area contributed by atoms with Crippen LogP contribution < -0.4 is 9.64 Å². The van der Waals surface area contributed by atoms with Gasteiger partial charge in [0.15, 0.2) is 0 Å². The summed E-state index contributed by atoms with van der Waals surface area (Å²) in [6.07, 6.45) is 42.7. The largest absolute Gasteiger partial charge is 0.495 e. The molecule has 0 atom stereocenters.